The van der Waals surface area contributed by atoms with Crippen LogP contribution in [0.5, 0.6) is 0 Å². The van der Waals surface area contributed by atoms with Crippen molar-refractivity contribution in [3.63, 3.8) is 0 Å². The zero-order chi connectivity index (χ0) is 26.8. The lowest BCUT2D eigenvalue weighted by Crippen LogP contribution is -2.14. The first-order valence-electron chi connectivity index (χ1n) is 12.0. The van der Waals surface area contributed by atoms with Gasteiger partial charge in [0.05, 0.1) is 16.3 Å². The van der Waals surface area contributed by atoms with E-state index >= 15 is 0 Å². The summed E-state index contributed by atoms with van der Waals surface area (Å²) < 4.78 is 17.6. The van der Waals surface area contributed by atoms with Crippen LogP contribution in [0.3, 0.4) is 0 Å². The molecule has 0 bridgehead atoms. The van der Waals surface area contributed by atoms with E-state index in [0.717, 1.165) is 15.6 Å². The maximum absolute atomic E-state index is 14.6. The van der Waals surface area contributed by atoms with Gasteiger partial charge in [-0.25, -0.2) is 14.5 Å². The predicted molar refractivity (Wildman–Crippen MR) is 151 cm³/mol. The second kappa shape index (κ2) is 10.3. The van der Waals surface area contributed by atoms with Crippen molar-refractivity contribution in [1.29, 1.82) is 0 Å². The van der Waals surface area contributed by atoms with Gasteiger partial charge in [0, 0.05) is 35.4 Å². The highest BCUT2D eigenvalue weighted by Gasteiger charge is 2.15. The largest absolute Gasteiger partial charge is 0.350 e. The molecule has 0 aliphatic carbocycles. The minimum Gasteiger partial charge on any atom is -0.350 e. The van der Waals surface area contributed by atoms with E-state index in [4.69, 9.17) is 0 Å². The van der Waals surface area contributed by atoms with Crippen LogP contribution in [-0.4, -0.2) is 25.7 Å². The fourth-order valence-electron chi connectivity index (χ4n) is 4.12. The van der Waals surface area contributed by atoms with Gasteiger partial charge in [-0.2, -0.15) is 5.10 Å². The molecule has 10 heteroatoms. The monoisotopic (exact) mass is 536 g/mol. The summed E-state index contributed by atoms with van der Waals surface area (Å²) in [7, 11) is 0. The summed E-state index contributed by atoms with van der Waals surface area (Å²) in [5, 5.41) is 13.2. The first-order valence-corrected chi connectivity index (χ1v) is 12.9. The SMILES string of the molecule is O=C(Nc1cc(-c2cc(Nc3ccc(Cn4cccc4)cn3)c(=O)[nH]n2)ccc1F)c1cc2ccccc2s1. The number of pyridine rings is 1. The molecule has 4 heterocycles. The molecule has 0 aliphatic rings. The molecular formula is C29H21FN6O2S. The number of aromatic nitrogens is 4. The number of benzene rings is 2. The smallest absolute Gasteiger partial charge is 0.287 e. The van der Waals surface area contributed by atoms with E-state index in [1.165, 1.54) is 29.5 Å². The van der Waals surface area contributed by atoms with E-state index in [2.05, 4.69) is 25.8 Å². The molecule has 1 amide bonds. The van der Waals surface area contributed by atoms with Crippen molar-refractivity contribution < 1.29 is 9.18 Å². The molecule has 0 spiro atoms. The van der Waals surface area contributed by atoms with Crippen molar-refractivity contribution >= 4 is 44.5 Å². The highest BCUT2D eigenvalue weighted by Crippen LogP contribution is 2.28. The molecule has 0 radical (unpaired) electrons. The quantitative estimate of drug-likeness (QED) is 0.231. The number of hydrogen-bond donors (Lipinski definition) is 3. The Balaban J connectivity index is 1.21. The predicted octanol–water partition coefficient (Wildman–Crippen LogP) is 6.03. The van der Waals surface area contributed by atoms with Crippen LogP contribution in [0, 0.1) is 5.82 Å². The summed E-state index contributed by atoms with van der Waals surface area (Å²) in [5.74, 6) is -0.500. The molecule has 6 aromatic rings. The number of hydrogen-bond acceptors (Lipinski definition) is 6. The van der Waals surface area contributed by atoms with Crippen molar-refractivity contribution in [1.82, 2.24) is 19.7 Å². The van der Waals surface area contributed by atoms with E-state index < -0.39 is 17.3 Å². The normalized spacial score (nSPS) is 11.0. The lowest BCUT2D eigenvalue weighted by Gasteiger charge is -2.10. The van der Waals surface area contributed by atoms with Gasteiger partial charge in [0.1, 0.15) is 17.3 Å². The lowest BCUT2D eigenvalue weighted by atomic mass is 10.1. The number of anilines is 3. The molecule has 39 heavy (non-hydrogen) atoms. The first-order chi connectivity index (χ1) is 19.0. The fraction of sp³-hybridized carbons (Fsp3) is 0.0345. The van der Waals surface area contributed by atoms with Crippen molar-refractivity contribution in [3.05, 3.63) is 124 Å². The Hall–Kier alpha value is -5.09. The second-order valence-corrected chi connectivity index (χ2v) is 9.91. The van der Waals surface area contributed by atoms with E-state index in [0.29, 0.717) is 28.5 Å². The molecule has 4 aromatic heterocycles. The number of carbonyl (C=O) groups is 1. The molecule has 3 N–H and O–H groups in total. The first kappa shape index (κ1) is 24.3. The molecule has 2 aromatic carbocycles. The Morgan fingerprint density at radius 2 is 1.82 bits per heavy atom. The zero-order valence-corrected chi connectivity index (χ0v) is 21.2. The molecule has 0 atom stereocenters. The average molecular weight is 537 g/mol. The van der Waals surface area contributed by atoms with Gasteiger partial charge in [-0.15, -0.1) is 11.3 Å². The Morgan fingerprint density at radius 1 is 0.974 bits per heavy atom. The molecule has 0 unspecified atom stereocenters. The molecule has 6 rings (SSSR count). The van der Waals surface area contributed by atoms with Gasteiger partial charge in [0.25, 0.3) is 11.5 Å². The number of aromatic amines is 1. The molecule has 0 saturated heterocycles. The topological polar surface area (TPSA) is 105 Å². The van der Waals surface area contributed by atoms with Crippen LogP contribution in [0.4, 0.5) is 21.6 Å². The minimum absolute atomic E-state index is 0.0115. The molecule has 0 aliphatic heterocycles. The molecule has 0 saturated carbocycles. The van der Waals surface area contributed by atoms with Crippen molar-refractivity contribution in [2.75, 3.05) is 10.6 Å². The number of H-pyrrole nitrogens is 1. The standard InChI is InChI=1S/C29H21FN6O2S/c30-21-9-8-19(13-23(21)33-29(38)26-14-20-5-1-2-6-25(20)39-26)22-15-24(28(37)35-34-22)32-27-10-7-18(16-31-27)17-36-11-3-4-12-36/h1-16H,17H2,(H,33,38)(H,35,37)(H,31,32,34). The van der Waals surface area contributed by atoms with Crippen molar-refractivity contribution in [2.24, 2.45) is 0 Å². The molecule has 192 valence electrons. The Morgan fingerprint density at radius 3 is 2.62 bits per heavy atom. The summed E-state index contributed by atoms with van der Waals surface area (Å²) in [5.41, 5.74) is 1.72. The van der Waals surface area contributed by atoms with Crippen LogP contribution < -0.4 is 16.2 Å². The van der Waals surface area contributed by atoms with E-state index in [9.17, 15) is 14.0 Å². The van der Waals surface area contributed by atoms with Gasteiger partial charge >= 0.3 is 0 Å². The minimum atomic E-state index is -0.583. The van der Waals surface area contributed by atoms with Gasteiger partial charge < -0.3 is 15.2 Å². The Labute approximate surface area is 225 Å². The number of amides is 1. The van der Waals surface area contributed by atoms with Crippen LogP contribution in [0.1, 0.15) is 15.2 Å². The lowest BCUT2D eigenvalue weighted by molar-refractivity contribution is 0.103. The summed E-state index contributed by atoms with van der Waals surface area (Å²) in [6.07, 6.45) is 5.69. The summed E-state index contributed by atoms with van der Waals surface area (Å²) in [6.45, 7) is 0.687. The average Bonchev–Trinajstić information content (AvgIpc) is 3.62. The number of fused-ring (bicyclic) bond motifs is 1. The zero-order valence-electron chi connectivity index (χ0n) is 20.4. The van der Waals surface area contributed by atoms with Gasteiger partial charge in [-0.3, -0.25) is 9.59 Å². The van der Waals surface area contributed by atoms with Crippen LogP contribution in [0.25, 0.3) is 21.3 Å². The highest BCUT2D eigenvalue weighted by molar-refractivity contribution is 7.20. The molecule has 0 fully saturated rings. The van der Waals surface area contributed by atoms with Gasteiger partial charge in [0.15, 0.2) is 0 Å². The van der Waals surface area contributed by atoms with Gasteiger partial charge in [-0.05, 0) is 65.5 Å². The Kier molecular flexibility index (Phi) is 6.44. The number of nitrogens with zero attached hydrogens (tertiary/aromatic N) is 3. The molecular weight excluding hydrogens is 515 g/mol. The highest BCUT2D eigenvalue weighted by atomic mass is 32.1. The van der Waals surface area contributed by atoms with Crippen LogP contribution in [0.15, 0.2) is 102 Å². The summed E-state index contributed by atoms with van der Waals surface area (Å²) in [4.78, 5) is 30.2. The maximum Gasteiger partial charge on any atom is 0.287 e. The molecule has 8 nitrogen and oxygen atoms in total. The Bertz CT molecular complexity index is 1810. The van der Waals surface area contributed by atoms with Crippen LogP contribution in [0.2, 0.25) is 0 Å². The second-order valence-electron chi connectivity index (χ2n) is 8.83. The summed E-state index contributed by atoms with van der Waals surface area (Å²) in [6, 6.07) is 22.9. The number of carbonyl (C=O) groups excluding carboxylic acids is 1. The van der Waals surface area contributed by atoms with Gasteiger partial charge in [0.2, 0.25) is 0 Å². The van der Waals surface area contributed by atoms with Crippen LogP contribution >= 0.6 is 11.3 Å². The summed E-state index contributed by atoms with van der Waals surface area (Å²) >= 11 is 1.34. The maximum atomic E-state index is 14.6. The third kappa shape index (κ3) is 5.32. The number of thiophene rings is 1. The number of rotatable bonds is 7. The number of nitrogens with one attached hydrogen (secondary N) is 3. The van der Waals surface area contributed by atoms with Crippen molar-refractivity contribution in [3.8, 4) is 11.3 Å². The van der Waals surface area contributed by atoms with E-state index in [-0.39, 0.29) is 11.4 Å². The van der Waals surface area contributed by atoms with Crippen LogP contribution in [-0.2, 0) is 6.54 Å². The number of halogens is 1. The fourth-order valence-corrected chi connectivity index (χ4v) is 5.08. The van der Waals surface area contributed by atoms with E-state index in [1.807, 2.05) is 59.4 Å². The van der Waals surface area contributed by atoms with Gasteiger partial charge in [-0.1, -0.05) is 24.3 Å². The van der Waals surface area contributed by atoms with Crippen molar-refractivity contribution in [2.45, 2.75) is 6.54 Å². The van der Waals surface area contributed by atoms with E-state index in [1.54, 1.807) is 24.4 Å². The third-order valence-electron chi connectivity index (χ3n) is 6.08. The third-order valence-corrected chi connectivity index (χ3v) is 7.20.